The average Bonchev–Trinajstić information content (AvgIpc) is 3.14. The highest BCUT2D eigenvalue weighted by molar-refractivity contribution is 7.99. The molecule has 0 saturated carbocycles. The molecular formula is C21H20Cl3N5O3S. The van der Waals surface area contributed by atoms with Crippen LogP contribution in [0.3, 0.4) is 0 Å². The first-order valence-corrected chi connectivity index (χ1v) is 11.7. The van der Waals surface area contributed by atoms with E-state index >= 15 is 0 Å². The zero-order chi connectivity index (χ0) is 24.1. The lowest BCUT2D eigenvalue weighted by Gasteiger charge is -2.14. The number of amides is 2. The minimum atomic E-state index is -0.441. The van der Waals surface area contributed by atoms with Crippen LogP contribution in [0.4, 0.5) is 5.69 Å². The van der Waals surface area contributed by atoms with Crippen molar-refractivity contribution < 1.29 is 14.3 Å². The van der Waals surface area contributed by atoms with Gasteiger partial charge in [0, 0.05) is 17.6 Å². The summed E-state index contributed by atoms with van der Waals surface area (Å²) in [7, 11) is 3.27. The normalized spacial score (nSPS) is 11.7. The van der Waals surface area contributed by atoms with Crippen molar-refractivity contribution in [2.75, 3.05) is 18.2 Å². The van der Waals surface area contributed by atoms with Crippen molar-refractivity contribution in [3.8, 4) is 5.75 Å². The third kappa shape index (κ3) is 6.32. The number of rotatable bonds is 8. The SMILES string of the molecule is COc1ccc(Cl)cc1NC(=O)CSc1nnc([C@@H](C)NC(=O)c2ccc(Cl)c(Cl)c2)n1C. The molecule has 3 rings (SSSR count). The van der Waals surface area contributed by atoms with Crippen molar-refractivity contribution in [3.05, 3.63) is 62.9 Å². The first-order chi connectivity index (χ1) is 15.7. The van der Waals surface area contributed by atoms with Crippen molar-refractivity contribution in [2.24, 2.45) is 7.05 Å². The maximum absolute atomic E-state index is 12.5. The van der Waals surface area contributed by atoms with Crippen molar-refractivity contribution in [1.29, 1.82) is 0 Å². The molecule has 3 aromatic rings. The smallest absolute Gasteiger partial charge is 0.251 e. The number of hydrogen-bond acceptors (Lipinski definition) is 6. The summed E-state index contributed by atoms with van der Waals surface area (Å²) < 4.78 is 6.95. The largest absolute Gasteiger partial charge is 0.495 e. The van der Waals surface area contributed by atoms with Gasteiger partial charge in [0.25, 0.3) is 5.91 Å². The molecule has 0 saturated heterocycles. The highest BCUT2D eigenvalue weighted by Crippen LogP contribution is 2.28. The second-order valence-corrected chi connectivity index (χ2v) is 9.10. The van der Waals surface area contributed by atoms with Gasteiger partial charge >= 0.3 is 0 Å². The topological polar surface area (TPSA) is 98.1 Å². The monoisotopic (exact) mass is 527 g/mol. The fraction of sp³-hybridized carbons (Fsp3) is 0.238. The number of nitrogens with one attached hydrogen (secondary N) is 2. The van der Waals surface area contributed by atoms with E-state index < -0.39 is 6.04 Å². The van der Waals surface area contributed by atoms with Gasteiger partial charge in [-0.15, -0.1) is 10.2 Å². The zero-order valence-corrected chi connectivity index (χ0v) is 20.9. The van der Waals surface area contributed by atoms with Gasteiger partial charge in [0.05, 0.1) is 34.6 Å². The highest BCUT2D eigenvalue weighted by Gasteiger charge is 2.20. The van der Waals surface area contributed by atoms with Gasteiger partial charge in [-0.25, -0.2) is 0 Å². The Labute approximate surface area is 209 Å². The van der Waals surface area contributed by atoms with Crippen LogP contribution in [-0.4, -0.2) is 39.4 Å². The number of benzene rings is 2. The van der Waals surface area contributed by atoms with Crippen molar-refractivity contribution in [3.63, 3.8) is 0 Å². The molecule has 174 valence electrons. The van der Waals surface area contributed by atoms with Gasteiger partial charge in [-0.05, 0) is 43.3 Å². The Hall–Kier alpha value is -2.46. The fourth-order valence-corrected chi connectivity index (χ4v) is 4.09. The van der Waals surface area contributed by atoms with Crippen LogP contribution in [0.5, 0.6) is 5.75 Å². The van der Waals surface area contributed by atoms with E-state index in [0.29, 0.717) is 43.0 Å². The molecule has 2 amide bonds. The summed E-state index contributed by atoms with van der Waals surface area (Å²) in [6, 6.07) is 9.16. The van der Waals surface area contributed by atoms with Gasteiger partial charge in [0.1, 0.15) is 5.75 Å². The lowest BCUT2D eigenvalue weighted by Crippen LogP contribution is -2.28. The summed E-state index contributed by atoms with van der Waals surface area (Å²) in [6.45, 7) is 1.78. The molecule has 0 aliphatic heterocycles. The van der Waals surface area contributed by atoms with E-state index in [2.05, 4.69) is 20.8 Å². The summed E-state index contributed by atoms with van der Waals surface area (Å²) in [4.78, 5) is 24.9. The fourth-order valence-electron chi connectivity index (χ4n) is 2.91. The van der Waals surface area contributed by atoms with Crippen molar-refractivity contribution in [2.45, 2.75) is 18.1 Å². The number of hydrogen-bond donors (Lipinski definition) is 2. The summed E-state index contributed by atoms with van der Waals surface area (Å²) in [6.07, 6.45) is 0. The summed E-state index contributed by atoms with van der Waals surface area (Å²) >= 11 is 19.1. The summed E-state index contributed by atoms with van der Waals surface area (Å²) in [5.74, 6) is 0.540. The second kappa shape index (κ2) is 11.1. The second-order valence-electron chi connectivity index (χ2n) is 6.91. The number of aromatic nitrogens is 3. The van der Waals surface area contributed by atoms with Crippen LogP contribution in [0.25, 0.3) is 0 Å². The molecule has 1 aromatic heterocycles. The molecule has 1 heterocycles. The van der Waals surface area contributed by atoms with E-state index in [1.807, 2.05) is 0 Å². The van der Waals surface area contributed by atoms with Gasteiger partial charge in [0.15, 0.2) is 11.0 Å². The van der Waals surface area contributed by atoms with Crippen molar-refractivity contribution in [1.82, 2.24) is 20.1 Å². The van der Waals surface area contributed by atoms with Crippen LogP contribution >= 0.6 is 46.6 Å². The Morgan fingerprint density at radius 3 is 2.58 bits per heavy atom. The van der Waals surface area contributed by atoms with E-state index in [0.717, 1.165) is 0 Å². The Balaban J connectivity index is 1.61. The molecule has 12 heteroatoms. The van der Waals surface area contributed by atoms with E-state index in [9.17, 15) is 9.59 Å². The molecule has 33 heavy (non-hydrogen) atoms. The maximum atomic E-state index is 12.5. The van der Waals surface area contributed by atoms with Crippen LogP contribution < -0.4 is 15.4 Å². The van der Waals surface area contributed by atoms with Crippen LogP contribution in [-0.2, 0) is 11.8 Å². The molecule has 0 fully saturated rings. The van der Waals surface area contributed by atoms with E-state index in [4.69, 9.17) is 39.5 Å². The number of carbonyl (C=O) groups excluding carboxylic acids is 2. The van der Waals surface area contributed by atoms with Crippen LogP contribution in [0.1, 0.15) is 29.1 Å². The number of halogens is 3. The number of anilines is 1. The molecule has 0 aliphatic rings. The van der Waals surface area contributed by atoms with Gasteiger partial charge < -0.3 is 19.9 Å². The predicted molar refractivity (Wildman–Crippen MR) is 131 cm³/mol. The summed E-state index contributed by atoms with van der Waals surface area (Å²) in [5.41, 5.74) is 0.856. The van der Waals surface area contributed by atoms with Crippen LogP contribution in [0, 0.1) is 0 Å². The summed E-state index contributed by atoms with van der Waals surface area (Å²) in [5, 5.41) is 15.6. The number of ether oxygens (including phenoxy) is 1. The van der Waals surface area contributed by atoms with E-state index in [-0.39, 0.29) is 17.6 Å². The molecule has 2 N–H and O–H groups in total. The van der Waals surface area contributed by atoms with E-state index in [1.165, 1.54) is 24.9 Å². The molecule has 1 atom stereocenters. The number of nitrogens with zero attached hydrogens (tertiary/aromatic N) is 3. The molecule has 0 bridgehead atoms. The Morgan fingerprint density at radius 1 is 1.12 bits per heavy atom. The maximum Gasteiger partial charge on any atom is 0.251 e. The molecular weight excluding hydrogens is 509 g/mol. The minimum absolute atomic E-state index is 0.0889. The van der Waals surface area contributed by atoms with E-state index in [1.54, 1.807) is 48.9 Å². The molecule has 0 unspecified atom stereocenters. The van der Waals surface area contributed by atoms with Crippen LogP contribution in [0.15, 0.2) is 41.6 Å². The first kappa shape index (κ1) is 25.2. The molecule has 8 nitrogen and oxygen atoms in total. The quantitative estimate of drug-likeness (QED) is 0.399. The van der Waals surface area contributed by atoms with Crippen molar-refractivity contribution >= 4 is 64.1 Å². The molecule has 0 spiro atoms. The Bertz CT molecular complexity index is 1190. The number of thioether (sulfide) groups is 1. The lowest BCUT2D eigenvalue weighted by atomic mass is 10.2. The molecule has 0 aliphatic carbocycles. The molecule has 0 radical (unpaired) electrons. The zero-order valence-electron chi connectivity index (χ0n) is 17.9. The number of carbonyl (C=O) groups is 2. The third-order valence-corrected chi connectivity index (χ3v) is 6.55. The number of methoxy groups -OCH3 is 1. The minimum Gasteiger partial charge on any atom is -0.495 e. The highest BCUT2D eigenvalue weighted by atomic mass is 35.5. The standard InChI is InChI=1S/C21H20Cl3N5O3S/c1-11(25-20(31)12-4-6-14(23)15(24)8-12)19-27-28-21(29(19)2)33-10-18(30)26-16-9-13(22)5-7-17(16)32-3/h4-9,11H,10H2,1-3H3,(H,25,31)(H,26,30)/t11-/m1/s1. The van der Waals surface area contributed by atoms with Gasteiger partial charge in [0.2, 0.25) is 5.91 Å². The molecule has 2 aromatic carbocycles. The first-order valence-electron chi connectivity index (χ1n) is 9.61. The average molecular weight is 529 g/mol. The Kier molecular flexibility index (Phi) is 8.47. The van der Waals surface area contributed by atoms with Gasteiger partial charge in [-0.2, -0.15) is 0 Å². The third-order valence-electron chi connectivity index (χ3n) is 4.55. The van der Waals surface area contributed by atoms with Crippen LogP contribution in [0.2, 0.25) is 15.1 Å². The predicted octanol–water partition coefficient (Wildman–Crippen LogP) is 5.01. The lowest BCUT2D eigenvalue weighted by molar-refractivity contribution is -0.113. The Morgan fingerprint density at radius 2 is 1.88 bits per heavy atom. The van der Waals surface area contributed by atoms with Gasteiger partial charge in [-0.3, -0.25) is 9.59 Å². The van der Waals surface area contributed by atoms with Gasteiger partial charge in [-0.1, -0.05) is 46.6 Å².